The lowest BCUT2D eigenvalue weighted by Gasteiger charge is -2.43. The van der Waals surface area contributed by atoms with Crippen molar-refractivity contribution in [3.63, 3.8) is 0 Å². The third kappa shape index (κ3) is 4.80. The molecule has 0 aliphatic carbocycles. The Labute approximate surface area is 206 Å². The van der Waals surface area contributed by atoms with Crippen molar-refractivity contribution in [2.75, 3.05) is 37.7 Å². The molecule has 2 aliphatic rings. The van der Waals surface area contributed by atoms with Crippen LogP contribution in [0.2, 0.25) is 0 Å². The van der Waals surface area contributed by atoms with Crippen LogP contribution in [0.4, 0.5) is 5.69 Å². The number of hydrogen-bond acceptors (Lipinski definition) is 4. The highest BCUT2D eigenvalue weighted by Gasteiger charge is 2.50. The maximum atomic E-state index is 13.2. The van der Waals surface area contributed by atoms with Gasteiger partial charge < -0.3 is 20.4 Å². The van der Waals surface area contributed by atoms with Crippen molar-refractivity contribution < 1.29 is 9.59 Å². The number of anilines is 1. The highest BCUT2D eigenvalue weighted by molar-refractivity contribution is 5.93. The molecule has 0 bridgehead atoms. The van der Waals surface area contributed by atoms with Gasteiger partial charge in [-0.1, -0.05) is 78.9 Å². The van der Waals surface area contributed by atoms with Crippen LogP contribution < -0.4 is 15.5 Å². The summed E-state index contributed by atoms with van der Waals surface area (Å²) in [5, 5.41) is 6.22. The van der Waals surface area contributed by atoms with Gasteiger partial charge in [0.25, 0.3) is 0 Å². The predicted molar refractivity (Wildman–Crippen MR) is 138 cm³/mol. The fourth-order valence-corrected chi connectivity index (χ4v) is 5.40. The number of rotatable bonds is 7. The number of benzene rings is 3. The zero-order valence-electron chi connectivity index (χ0n) is 19.9. The predicted octanol–water partition coefficient (Wildman–Crippen LogP) is 3.36. The van der Waals surface area contributed by atoms with Gasteiger partial charge in [0.2, 0.25) is 11.8 Å². The summed E-state index contributed by atoms with van der Waals surface area (Å²) >= 11 is 0. The van der Waals surface area contributed by atoms with Crippen LogP contribution in [0, 0.1) is 0 Å². The number of piperidine rings is 1. The zero-order chi connectivity index (χ0) is 24.1. The first kappa shape index (κ1) is 23.1. The van der Waals surface area contributed by atoms with Gasteiger partial charge in [-0.05, 0) is 36.1 Å². The van der Waals surface area contributed by atoms with Gasteiger partial charge in [0, 0.05) is 31.9 Å². The fourth-order valence-electron chi connectivity index (χ4n) is 5.40. The molecule has 3 aromatic rings. The number of hydrogen-bond donors (Lipinski definition) is 2. The van der Waals surface area contributed by atoms with E-state index in [1.807, 2.05) is 78.9 Å². The molecule has 5 rings (SSSR count). The number of likely N-dealkylation sites (tertiary alicyclic amines) is 1. The molecule has 3 aromatic carbocycles. The van der Waals surface area contributed by atoms with E-state index in [0.29, 0.717) is 13.2 Å². The SMILES string of the molecule is O=C(NCCN1CCC2(CC1)C(=O)NCN2c1ccccc1)C(c1ccccc1)c1ccccc1. The Kier molecular flexibility index (Phi) is 6.82. The van der Waals surface area contributed by atoms with Gasteiger partial charge in [-0.25, -0.2) is 0 Å². The molecule has 2 saturated heterocycles. The first-order chi connectivity index (χ1) is 17.2. The van der Waals surface area contributed by atoms with Crippen LogP contribution in [-0.4, -0.2) is 55.1 Å². The second-order valence-electron chi connectivity index (χ2n) is 9.35. The molecule has 0 unspecified atom stereocenters. The highest BCUT2D eigenvalue weighted by atomic mass is 16.2. The Balaban J connectivity index is 1.18. The summed E-state index contributed by atoms with van der Waals surface area (Å²) in [7, 11) is 0. The molecular formula is C29H32N4O2. The first-order valence-corrected chi connectivity index (χ1v) is 12.4. The minimum atomic E-state index is -0.479. The molecule has 180 valence electrons. The molecular weight excluding hydrogens is 436 g/mol. The van der Waals surface area contributed by atoms with E-state index in [2.05, 4.69) is 32.6 Å². The highest BCUT2D eigenvalue weighted by Crippen LogP contribution is 2.36. The van der Waals surface area contributed by atoms with E-state index in [0.717, 1.165) is 49.3 Å². The molecule has 35 heavy (non-hydrogen) atoms. The lowest BCUT2D eigenvalue weighted by atomic mass is 9.85. The molecule has 2 amide bonds. The molecule has 2 fully saturated rings. The second kappa shape index (κ2) is 10.3. The molecule has 2 N–H and O–H groups in total. The number of amides is 2. The monoisotopic (exact) mass is 468 g/mol. The van der Waals surface area contributed by atoms with Crippen LogP contribution in [0.15, 0.2) is 91.0 Å². The molecule has 6 heteroatoms. The van der Waals surface area contributed by atoms with Crippen molar-refractivity contribution in [2.45, 2.75) is 24.3 Å². The third-order valence-corrected chi connectivity index (χ3v) is 7.34. The van der Waals surface area contributed by atoms with E-state index in [-0.39, 0.29) is 17.7 Å². The van der Waals surface area contributed by atoms with Gasteiger partial charge in [0.1, 0.15) is 5.54 Å². The normalized spacial score (nSPS) is 17.5. The van der Waals surface area contributed by atoms with E-state index in [4.69, 9.17) is 0 Å². The number of para-hydroxylation sites is 1. The average molecular weight is 469 g/mol. The van der Waals surface area contributed by atoms with Gasteiger partial charge in [-0.3, -0.25) is 9.59 Å². The van der Waals surface area contributed by atoms with Gasteiger partial charge in [0.05, 0.1) is 12.6 Å². The van der Waals surface area contributed by atoms with E-state index < -0.39 is 5.54 Å². The number of nitrogens with zero attached hydrogens (tertiary/aromatic N) is 2. The smallest absolute Gasteiger partial charge is 0.247 e. The van der Waals surface area contributed by atoms with E-state index >= 15 is 0 Å². The van der Waals surface area contributed by atoms with Crippen LogP contribution in [0.5, 0.6) is 0 Å². The third-order valence-electron chi connectivity index (χ3n) is 7.34. The second-order valence-corrected chi connectivity index (χ2v) is 9.35. The standard InChI is InChI=1S/C29H32N4O2/c34-27(26(23-10-4-1-5-11-23)24-12-6-2-7-13-24)30-18-21-32-19-16-29(17-20-32)28(35)31-22-33(29)25-14-8-3-9-15-25/h1-15,26H,16-22H2,(H,30,34)(H,31,35). The molecule has 6 nitrogen and oxygen atoms in total. The summed E-state index contributed by atoms with van der Waals surface area (Å²) in [5.41, 5.74) is 2.58. The van der Waals surface area contributed by atoms with E-state index in [1.165, 1.54) is 0 Å². The van der Waals surface area contributed by atoms with Crippen LogP contribution in [0.3, 0.4) is 0 Å². The van der Waals surface area contributed by atoms with Gasteiger partial charge in [-0.15, -0.1) is 0 Å². The van der Waals surface area contributed by atoms with Crippen molar-refractivity contribution in [3.8, 4) is 0 Å². The number of nitrogens with one attached hydrogen (secondary N) is 2. The van der Waals surface area contributed by atoms with Crippen molar-refractivity contribution in [3.05, 3.63) is 102 Å². The molecule has 0 aromatic heterocycles. The van der Waals surface area contributed by atoms with Crippen molar-refractivity contribution in [1.29, 1.82) is 0 Å². The quantitative estimate of drug-likeness (QED) is 0.558. The summed E-state index contributed by atoms with van der Waals surface area (Å²) < 4.78 is 0. The fraction of sp³-hybridized carbons (Fsp3) is 0.310. The Morgan fingerprint density at radius 1 is 0.857 bits per heavy atom. The van der Waals surface area contributed by atoms with Crippen LogP contribution >= 0.6 is 0 Å². The van der Waals surface area contributed by atoms with Gasteiger partial charge in [0.15, 0.2) is 0 Å². The Hall–Kier alpha value is -3.64. The van der Waals surface area contributed by atoms with Gasteiger partial charge >= 0.3 is 0 Å². The van der Waals surface area contributed by atoms with Crippen molar-refractivity contribution in [2.24, 2.45) is 0 Å². The lowest BCUT2D eigenvalue weighted by molar-refractivity contribution is -0.125. The van der Waals surface area contributed by atoms with Crippen LogP contribution in [0.1, 0.15) is 29.9 Å². The number of carbonyl (C=O) groups is 2. The van der Waals surface area contributed by atoms with E-state index in [9.17, 15) is 9.59 Å². The topological polar surface area (TPSA) is 64.7 Å². The van der Waals surface area contributed by atoms with Crippen LogP contribution in [-0.2, 0) is 9.59 Å². The summed E-state index contributed by atoms with van der Waals surface area (Å²) in [5.74, 6) is -0.187. The maximum absolute atomic E-state index is 13.2. The van der Waals surface area contributed by atoms with Crippen LogP contribution in [0.25, 0.3) is 0 Å². The van der Waals surface area contributed by atoms with E-state index in [1.54, 1.807) is 0 Å². The maximum Gasteiger partial charge on any atom is 0.247 e. The molecule has 2 aliphatic heterocycles. The Bertz CT molecular complexity index is 1090. The lowest BCUT2D eigenvalue weighted by Crippen LogP contribution is -2.57. The molecule has 1 spiro atoms. The summed E-state index contributed by atoms with van der Waals surface area (Å²) in [4.78, 5) is 30.7. The molecule has 0 saturated carbocycles. The summed E-state index contributed by atoms with van der Waals surface area (Å²) in [6, 6.07) is 30.0. The first-order valence-electron chi connectivity index (χ1n) is 12.4. The Morgan fingerprint density at radius 2 is 1.40 bits per heavy atom. The Morgan fingerprint density at radius 3 is 1.97 bits per heavy atom. The minimum Gasteiger partial charge on any atom is -0.354 e. The number of carbonyl (C=O) groups excluding carboxylic acids is 2. The largest absolute Gasteiger partial charge is 0.354 e. The zero-order valence-corrected chi connectivity index (χ0v) is 19.9. The van der Waals surface area contributed by atoms with Gasteiger partial charge in [-0.2, -0.15) is 0 Å². The molecule has 0 atom stereocenters. The summed E-state index contributed by atoms with van der Waals surface area (Å²) in [6.45, 7) is 3.56. The summed E-state index contributed by atoms with van der Waals surface area (Å²) in [6.07, 6.45) is 1.55. The minimum absolute atomic E-state index is 0.0151. The van der Waals surface area contributed by atoms with Crippen molar-refractivity contribution in [1.82, 2.24) is 15.5 Å². The molecule has 2 heterocycles. The average Bonchev–Trinajstić information content (AvgIpc) is 3.22. The van der Waals surface area contributed by atoms with Crippen molar-refractivity contribution >= 4 is 17.5 Å². The molecule has 0 radical (unpaired) electrons.